The maximum absolute atomic E-state index is 13.1. The zero-order valence-corrected chi connectivity index (χ0v) is 18.3. The van der Waals surface area contributed by atoms with Crippen LogP contribution in [0, 0.1) is 0 Å². The van der Waals surface area contributed by atoms with Crippen LogP contribution in [-0.4, -0.2) is 19.7 Å². The molecule has 8 heteroatoms. The summed E-state index contributed by atoms with van der Waals surface area (Å²) >= 11 is 11.9. The van der Waals surface area contributed by atoms with Gasteiger partial charge < -0.3 is 18.6 Å². The number of fused-ring (bicyclic) bond motifs is 1. The molecule has 0 amide bonds. The third-order valence-electron chi connectivity index (χ3n) is 4.56. The largest absolute Gasteiger partial charge is 0.497 e. The van der Waals surface area contributed by atoms with Gasteiger partial charge in [-0.05, 0) is 54.6 Å². The first-order valence-corrected chi connectivity index (χ1v) is 10.2. The van der Waals surface area contributed by atoms with E-state index in [0.717, 1.165) is 0 Å². The molecule has 1 aromatic heterocycles. The van der Waals surface area contributed by atoms with E-state index in [0.29, 0.717) is 21.9 Å². The summed E-state index contributed by atoms with van der Waals surface area (Å²) in [4.78, 5) is 25.6. The standard InChI is InChI=1S/C24H16Cl2O6/c1-29-16-9-6-14(7-10-16)23-24(22(28)17-4-2-3-5-19(17)31-23)32-21(27)13-30-20-11-8-15(25)12-18(20)26/h2-12H,13H2,1H3. The number of para-hydroxylation sites is 1. The number of esters is 1. The third-order valence-corrected chi connectivity index (χ3v) is 5.09. The molecular formula is C24H16Cl2O6. The predicted octanol–water partition coefficient (Wildman–Crippen LogP) is 5.76. The first-order valence-electron chi connectivity index (χ1n) is 9.45. The van der Waals surface area contributed by atoms with Gasteiger partial charge in [0.15, 0.2) is 12.4 Å². The number of methoxy groups -OCH3 is 1. The zero-order chi connectivity index (χ0) is 22.7. The normalized spacial score (nSPS) is 10.7. The number of hydrogen-bond acceptors (Lipinski definition) is 6. The van der Waals surface area contributed by atoms with Crippen molar-refractivity contribution >= 4 is 40.1 Å². The number of halogens is 2. The molecule has 0 aliphatic heterocycles. The Balaban J connectivity index is 1.67. The van der Waals surface area contributed by atoms with E-state index in [9.17, 15) is 9.59 Å². The molecule has 0 atom stereocenters. The van der Waals surface area contributed by atoms with Crippen LogP contribution in [0.4, 0.5) is 0 Å². The highest BCUT2D eigenvalue weighted by Gasteiger charge is 2.21. The van der Waals surface area contributed by atoms with Crippen molar-refractivity contribution in [3.05, 3.63) is 87.0 Å². The summed E-state index contributed by atoms with van der Waals surface area (Å²) < 4.78 is 21.9. The van der Waals surface area contributed by atoms with Crippen LogP contribution in [0.3, 0.4) is 0 Å². The molecule has 0 saturated carbocycles. The highest BCUT2D eigenvalue weighted by atomic mass is 35.5. The van der Waals surface area contributed by atoms with Crippen LogP contribution in [0.15, 0.2) is 75.9 Å². The second-order valence-corrected chi connectivity index (χ2v) is 7.50. The Bertz CT molecular complexity index is 1350. The van der Waals surface area contributed by atoms with Crippen molar-refractivity contribution in [1.82, 2.24) is 0 Å². The monoisotopic (exact) mass is 470 g/mol. The Morgan fingerprint density at radius 1 is 1.00 bits per heavy atom. The fourth-order valence-electron chi connectivity index (χ4n) is 3.02. The van der Waals surface area contributed by atoms with Crippen molar-refractivity contribution in [2.24, 2.45) is 0 Å². The molecule has 4 aromatic rings. The van der Waals surface area contributed by atoms with E-state index >= 15 is 0 Å². The highest BCUT2D eigenvalue weighted by molar-refractivity contribution is 6.35. The van der Waals surface area contributed by atoms with Crippen molar-refractivity contribution in [3.8, 4) is 28.6 Å². The lowest BCUT2D eigenvalue weighted by Crippen LogP contribution is -2.21. The van der Waals surface area contributed by atoms with Gasteiger partial charge in [-0.1, -0.05) is 35.3 Å². The molecule has 0 bridgehead atoms. The van der Waals surface area contributed by atoms with Crippen LogP contribution in [0.1, 0.15) is 0 Å². The van der Waals surface area contributed by atoms with E-state index in [1.165, 1.54) is 12.1 Å². The minimum Gasteiger partial charge on any atom is -0.497 e. The van der Waals surface area contributed by atoms with Crippen LogP contribution in [-0.2, 0) is 4.79 Å². The SMILES string of the molecule is COc1ccc(-c2oc3ccccc3c(=O)c2OC(=O)COc2ccc(Cl)cc2Cl)cc1. The third kappa shape index (κ3) is 4.56. The Labute approximate surface area is 192 Å². The molecule has 0 saturated heterocycles. The number of rotatable bonds is 6. The average molecular weight is 471 g/mol. The lowest BCUT2D eigenvalue weighted by molar-refractivity contribution is -0.136. The van der Waals surface area contributed by atoms with E-state index in [-0.39, 0.29) is 27.7 Å². The maximum atomic E-state index is 13.1. The predicted molar refractivity (Wildman–Crippen MR) is 122 cm³/mol. The van der Waals surface area contributed by atoms with Gasteiger partial charge in [0.05, 0.1) is 17.5 Å². The van der Waals surface area contributed by atoms with Gasteiger partial charge in [-0.2, -0.15) is 0 Å². The van der Waals surface area contributed by atoms with Crippen LogP contribution in [0.5, 0.6) is 17.2 Å². The van der Waals surface area contributed by atoms with Crippen LogP contribution >= 0.6 is 23.2 Å². The number of ether oxygens (including phenoxy) is 3. The summed E-state index contributed by atoms with van der Waals surface area (Å²) in [7, 11) is 1.55. The molecule has 0 unspecified atom stereocenters. The topological polar surface area (TPSA) is 75.0 Å². The summed E-state index contributed by atoms with van der Waals surface area (Å²) in [6.07, 6.45) is 0. The molecule has 0 radical (unpaired) electrons. The van der Waals surface area contributed by atoms with Gasteiger partial charge >= 0.3 is 5.97 Å². The molecule has 6 nitrogen and oxygen atoms in total. The Morgan fingerprint density at radius 2 is 1.75 bits per heavy atom. The zero-order valence-electron chi connectivity index (χ0n) is 16.8. The molecule has 0 aliphatic rings. The summed E-state index contributed by atoms with van der Waals surface area (Å²) in [5, 5.41) is 0.964. The van der Waals surface area contributed by atoms with Gasteiger partial charge in [0, 0.05) is 10.6 Å². The minimum atomic E-state index is -0.798. The first kappa shape index (κ1) is 21.7. The summed E-state index contributed by atoms with van der Waals surface area (Å²) in [6.45, 7) is -0.477. The van der Waals surface area contributed by atoms with Crippen LogP contribution in [0.2, 0.25) is 10.0 Å². The summed E-state index contributed by atoms with van der Waals surface area (Å²) in [5.74, 6) is -0.0233. The van der Waals surface area contributed by atoms with Crippen molar-refractivity contribution in [1.29, 1.82) is 0 Å². The van der Waals surface area contributed by atoms with Crippen LogP contribution < -0.4 is 19.6 Å². The molecule has 0 N–H and O–H groups in total. The molecule has 4 rings (SSSR count). The molecule has 162 valence electrons. The van der Waals surface area contributed by atoms with Crippen molar-refractivity contribution in [2.75, 3.05) is 13.7 Å². The quantitative estimate of drug-likeness (QED) is 0.333. The van der Waals surface area contributed by atoms with Gasteiger partial charge in [-0.3, -0.25) is 4.79 Å². The summed E-state index contributed by atoms with van der Waals surface area (Å²) in [5.41, 5.74) is 0.431. The number of carbonyl (C=O) groups excluding carboxylic acids is 1. The second kappa shape index (κ2) is 9.34. The van der Waals surface area contributed by atoms with Crippen molar-refractivity contribution in [3.63, 3.8) is 0 Å². The van der Waals surface area contributed by atoms with E-state index < -0.39 is 18.0 Å². The van der Waals surface area contributed by atoms with Gasteiger partial charge in [0.1, 0.15) is 17.1 Å². The van der Waals surface area contributed by atoms with E-state index in [1.807, 2.05) is 0 Å². The lowest BCUT2D eigenvalue weighted by Gasteiger charge is -2.12. The second-order valence-electron chi connectivity index (χ2n) is 6.65. The molecule has 0 spiro atoms. The minimum absolute atomic E-state index is 0.120. The summed E-state index contributed by atoms with van der Waals surface area (Å²) in [6, 6.07) is 18.1. The maximum Gasteiger partial charge on any atom is 0.349 e. The number of benzene rings is 3. The fourth-order valence-corrected chi connectivity index (χ4v) is 3.49. The molecule has 32 heavy (non-hydrogen) atoms. The van der Waals surface area contributed by atoms with Crippen LogP contribution in [0.25, 0.3) is 22.3 Å². The van der Waals surface area contributed by atoms with Gasteiger partial charge in [0.2, 0.25) is 11.2 Å². The van der Waals surface area contributed by atoms with Crippen molar-refractivity contribution in [2.45, 2.75) is 0 Å². The number of carbonyl (C=O) groups is 1. The van der Waals surface area contributed by atoms with Crippen molar-refractivity contribution < 1.29 is 23.4 Å². The van der Waals surface area contributed by atoms with Gasteiger partial charge in [-0.25, -0.2) is 4.79 Å². The fraction of sp³-hybridized carbons (Fsp3) is 0.0833. The Hall–Kier alpha value is -3.48. The Kier molecular flexibility index (Phi) is 6.35. The highest BCUT2D eigenvalue weighted by Crippen LogP contribution is 2.32. The lowest BCUT2D eigenvalue weighted by atomic mass is 10.1. The number of hydrogen-bond donors (Lipinski definition) is 0. The molecular weight excluding hydrogens is 455 g/mol. The molecule has 1 heterocycles. The first-order chi connectivity index (χ1) is 15.5. The average Bonchev–Trinajstić information content (AvgIpc) is 2.80. The van der Waals surface area contributed by atoms with Gasteiger partial charge in [-0.15, -0.1) is 0 Å². The smallest absolute Gasteiger partial charge is 0.349 e. The molecule has 0 fully saturated rings. The van der Waals surface area contributed by atoms with E-state index in [2.05, 4.69) is 0 Å². The van der Waals surface area contributed by atoms with E-state index in [1.54, 1.807) is 61.7 Å². The Morgan fingerprint density at radius 3 is 2.47 bits per heavy atom. The molecule has 0 aliphatic carbocycles. The molecule has 3 aromatic carbocycles. The van der Waals surface area contributed by atoms with Gasteiger partial charge in [0.25, 0.3) is 0 Å². The van der Waals surface area contributed by atoms with E-state index in [4.69, 9.17) is 41.8 Å².